The predicted octanol–water partition coefficient (Wildman–Crippen LogP) is 2.29. The van der Waals surface area contributed by atoms with Crippen LogP contribution in [-0.4, -0.2) is 26.1 Å². The number of halogens is 1. The van der Waals surface area contributed by atoms with Gasteiger partial charge in [0.1, 0.15) is 5.75 Å². The van der Waals surface area contributed by atoms with Gasteiger partial charge in [-0.15, -0.1) is 0 Å². The molecule has 0 saturated heterocycles. The molecular formula is C13H17ClN2O2. The quantitative estimate of drug-likeness (QED) is 0.832. The summed E-state index contributed by atoms with van der Waals surface area (Å²) in [5.41, 5.74) is 0.578. The number of carbonyl (C=O) groups is 1. The smallest absolute Gasteiger partial charge is 0.238 e. The molecule has 0 aromatic heterocycles. The molecular weight excluding hydrogens is 252 g/mol. The van der Waals surface area contributed by atoms with Crippen LogP contribution in [0.3, 0.4) is 0 Å². The summed E-state index contributed by atoms with van der Waals surface area (Å²) in [7, 11) is 1.58. The van der Waals surface area contributed by atoms with Gasteiger partial charge in [0.05, 0.1) is 24.4 Å². The first kappa shape index (κ1) is 13.2. The molecule has 2 N–H and O–H groups in total. The van der Waals surface area contributed by atoms with Gasteiger partial charge in [0.15, 0.2) is 0 Å². The fourth-order valence-electron chi connectivity index (χ4n) is 1.63. The second-order valence-corrected chi connectivity index (χ2v) is 4.88. The molecule has 1 fully saturated rings. The Morgan fingerprint density at radius 2 is 2.28 bits per heavy atom. The zero-order chi connectivity index (χ0) is 13.0. The number of rotatable bonds is 6. The topological polar surface area (TPSA) is 50.4 Å². The van der Waals surface area contributed by atoms with E-state index < -0.39 is 0 Å². The monoisotopic (exact) mass is 268 g/mol. The first-order chi connectivity index (χ1) is 8.69. The van der Waals surface area contributed by atoms with Crippen LogP contribution in [0.4, 0.5) is 5.69 Å². The fourth-order valence-corrected chi connectivity index (χ4v) is 1.80. The van der Waals surface area contributed by atoms with Crippen molar-refractivity contribution in [2.75, 3.05) is 25.5 Å². The summed E-state index contributed by atoms with van der Waals surface area (Å²) in [4.78, 5) is 11.7. The number of benzene rings is 1. The highest BCUT2D eigenvalue weighted by Crippen LogP contribution is 2.28. The molecule has 0 bridgehead atoms. The van der Waals surface area contributed by atoms with E-state index in [0.29, 0.717) is 23.0 Å². The summed E-state index contributed by atoms with van der Waals surface area (Å²) in [6.45, 7) is 1.23. The Morgan fingerprint density at radius 1 is 1.50 bits per heavy atom. The normalized spacial score (nSPS) is 14.3. The summed E-state index contributed by atoms with van der Waals surface area (Å²) >= 11 is 6.00. The minimum absolute atomic E-state index is 0.0918. The third kappa shape index (κ3) is 3.89. The molecule has 1 aromatic rings. The number of amides is 1. The molecule has 1 saturated carbocycles. The van der Waals surface area contributed by atoms with Crippen molar-refractivity contribution in [2.45, 2.75) is 12.8 Å². The highest BCUT2D eigenvalue weighted by Gasteiger charge is 2.20. The molecule has 2 rings (SSSR count). The summed E-state index contributed by atoms with van der Waals surface area (Å²) in [5, 5.41) is 6.40. The molecule has 0 aliphatic heterocycles. The SMILES string of the molecule is COc1ccc(Cl)c(NC(=O)CNCC2CC2)c1. The van der Waals surface area contributed by atoms with E-state index >= 15 is 0 Å². The zero-order valence-electron chi connectivity index (χ0n) is 10.3. The number of methoxy groups -OCH3 is 1. The van der Waals surface area contributed by atoms with E-state index in [2.05, 4.69) is 10.6 Å². The van der Waals surface area contributed by atoms with Gasteiger partial charge < -0.3 is 15.4 Å². The number of carbonyl (C=O) groups excluding carboxylic acids is 1. The number of nitrogens with one attached hydrogen (secondary N) is 2. The van der Waals surface area contributed by atoms with Crippen molar-refractivity contribution in [1.82, 2.24) is 5.32 Å². The maximum absolute atomic E-state index is 11.7. The van der Waals surface area contributed by atoms with Crippen molar-refractivity contribution in [3.8, 4) is 5.75 Å². The van der Waals surface area contributed by atoms with Gasteiger partial charge in [0, 0.05) is 6.07 Å². The van der Waals surface area contributed by atoms with Crippen LogP contribution in [0.15, 0.2) is 18.2 Å². The Labute approximate surface area is 112 Å². The molecule has 18 heavy (non-hydrogen) atoms. The lowest BCUT2D eigenvalue weighted by Crippen LogP contribution is -2.29. The van der Waals surface area contributed by atoms with Gasteiger partial charge in [-0.3, -0.25) is 4.79 Å². The molecule has 98 valence electrons. The van der Waals surface area contributed by atoms with E-state index in [1.54, 1.807) is 25.3 Å². The minimum Gasteiger partial charge on any atom is -0.497 e. The summed E-state index contributed by atoms with van der Waals surface area (Å²) in [6.07, 6.45) is 2.55. The van der Waals surface area contributed by atoms with Gasteiger partial charge in [-0.05, 0) is 37.4 Å². The molecule has 0 unspecified atom stereocenters. The lowest BCUT2D eigenvalue weighted by atomic mass is 10.3. The van der Waals surface area contributed by atoms with Gasteiger partial charge in [-0.25, -0.2) is 0 Å². The predicted molar refractivity (Wildman–Crippen MR) is 72.2 cm³/mol. The first-order valence-electron chi connectivity index (χ1n) is 6.03. The third-order valence-electron chi connectivity index (χ3n) is 2.86. The van der Waals surface area contributed by atoms with Gasteiger partial charge in [0.25, 0.3) is 0 Å². The molecule has 4 nitrogen and oxygen atoms in total. The summed E-state index contributed by atoms with van der Waals surface area (Å²) < 4.78 is 5.09. The van der Waals surface area contributed by atoms with Crippen LogP contribution in [0.5, 0.6) is 5.75 Å². The Hall–Kier alpha value is -1.26. The largest absolute Gasteiger partial charge is 0.497 e. The summed E-state index contributed by atoms with van der Waals surface area (Å²) in [6, 6.07) is 5.16. The molecule has 1 aliphatic carbocycles. The second-order valence-electron chi connectivity index (χ2n) is 4.47. The van der Waals surface area contributed by atoms with Crippen LogP contribution in [0.25, 0.3) is 0 Å². The van der Waals surface area contributed by atoms with Crippen molar-refractivity contribution >= 4 is 23.2 Å². The average molecular weight is 269 g/mol. The second kappa shape index (κ2) is 6.07. The van der Waals surface area contributed by atoms with Crippen LogP contribution in [0.2, 0.25) is 5.02 Å². The van der Waals surface area contributed by atoms with Crippen molar-refractivity contribution < 1.29 is 9.53 Å². The lowest BCUT2D eigenvalue weighted by molar-refractivity contribution is -0.115. The standard InChI is InChI=1S/C13H17ClN2O2/c1-18-10-4-5-11(14)12(6-10)16-13(17)8-15-7-9-2-3-9/h4-6,9,15H,2-3,7-8H2,1H3,(H,16,17). The Balaban J connectivity index is 1.84. The maximum Gasteiger partial charge on any atom is 0.238 e. The van der Waals surface area contributed by atoms with Crippen LogP contribution in [-0.2, 0) is 4.79 Å². The van der Waals surface area contributed by atoms with Crippen molar-refractivity contribution in [2.24, 2.45) is 5.92 Å². The average Bonchev–Trinajstić information content (AvgIpc) is 3.16. The Kier molecular flexibility index (Phi) is 4.44. The van der Waals surface area contributed by atoms with Crippen LogP contribution in [0, 0.1) is 5.92 Å². The number of hydrogen-bond donors (Lipinski definition) is 2. The number of ether oxygens (including phenoxy) is 1. The van der Waals surface area contributed by atoms with Gasteiger partial charge in [0.2, 0.25) is 5.91 Å². The molecule has 1 aliphatic rings. The molecule has 5 heteroatoms. The van der Waals surface area contributed by atoms with Crippen LogP contribution in [0.1, 0.15) is 12.8 Å². The lowest BCUT2D eigenvalue weighted by Gasteiger charge is -2.09. The van der Waals surface area contributed by atoms with Crippen molar-refractivity contribution in [1.29, 1.82) is 0 Å². The molecule has 0 radical (unpaired) electrons. The first-order valence-corrected chi connectivity index (χ1v) is 6.41. The number of anilines is 1. The number of hydrogen-bond acceptors (Lipinski definition) is 3. The van der Waals surface area contributed by atoms with Crippen molar-refractivity contribution in [3.05, 3.63) is 23.2 Å². The molecule has 0 heterocycles. The van der Waals surface area contributed by atoms with Crippen molar-refractivity contribution in [3.63, 3.8) is 0 Å². The van der Waals surface area contributed by atoms with E-state index in [0.717, 1.165) is 12.5 Å². The molecule has 1 aromatic carbocycles. The van der Waals surface area contributed by atoms with E-state index in [1.165, 1.54) is 12.8 Å². The van der Waals surface area contributed by atoms with E-state index in [-0.39, 0.29) is 5.91 Å². The van der Waals surface area contributed by atoms with E-state index in [9.17, 15) is 4.79 Å². The summed E-state index contributed by atoms with van der Waals surface area (Å²) in [5.74, 6) is 1.34. The van der Waals surface area contributed by atoms with Gasteiger partial charge >= 0.3 is 0 Å². The molecule has 1 amide bonds. The van der Waals surface area contributed by atoms with Gasteiger partial charge in [-0.1, -0.05) is 11.6 Å². The zero-order valence-corrected chi connectivity index (χ0v) is 11.1. The maximum atomic E-state index is 11.7. The van der Waals surface area contributed by atoms with E-state index in [4.69, 9.17) is 16.3 Å². The third-order valence-corrected chi connectivity index (χ3v) is 3.19. The Morgan fingerprint density at radius 3 is 2.94 bits per heavy atom. The van der Waals surface area contributed by atoms with E-state index in [1.807, 2.05) is 0 Å². The Bertz CT molecular complexity index is 433. The molecule has 0 atom stereocenters. The van der Waals surface area contributed by atoms with Crippen LogP contribution < -0.4 is 15.4 Å². The molecule has 0 spiro atoms. The van der Waals surface area contributed by atoms with Gasteiger partial charge in [-0.2, -0.15) is 0 Å². The fraction of sp³-hybridized carbons (Fsp3) is 0.462. The minimum atomic E-state index is -0.0918. The highest BCUT2D eigenvalue weighted by molar-refractivity contribution is 6.33. The highest BCUT2D eigenvalue weighted by atomic mass is 35.5. The van der Waals surface area contributed by atoms with Crippen LogP contribution >= 0.6 is 11.6 Å².